The van der Waals surface area contributed by atoms with Gasteiger partial charge in [-0.1, -0.05) is 23.4 Å². The zero-order valence-electron chi connectivity index (χ0n) is 10.3. The number of hydrogen-bond donors (Lipinski definition) is 2. The largest absolute Gasteiger partial charge is 0.378 e. The number of nitrogens with two attached hydrogens (primary N) is 1. The maximum absolute atomic E-state index is 12.4. The van der Waals surface area contributed by atoms with Crippen LogP contribution in [0.15, 0.2) is 23.2 Å². The molecule has 3 rings (SSSR count). The van der Waals surface area contributed by atoms with Crippen LogP contribution in [0.5, 0.6) is 0 Å². The van der Waals surface area contributed by atoms with E-state index in [1.165, 1.54) is 18.0 Å². The third-order valence-corrected chi connectivity index (χ3v) is 4.77. The van der Waals surface area contributed by atoms with Gasteiger partial charge in [-0.15, -0.1) is 0 Å². The van der Waals surface area contributed by atoms with E-state index in [0.717, 1.165) is 11.8 Å². The number of carbonyl (C=O) groups is 2. The predicted molar refractivity (Wildman–Crippen MR) is 76.8 cm³/mol. The van der Waals surface area contributed by atoms with Gasteiger partial charge in [0.15, 0.2) is 10.8 Å². The van der Waals surface area contributed by atoms with Crippen LogP contribution in [-0.4, -0.2) is 34.4 Å². The second-order valence-corrected chi connectivity index (χ2v) is 6.14. The third kappa shape index (κ3) is 1.60. The van der Waals surface area contributed by atoms with Crippen molar-refractivity contribution >= 4 is 46.0 Å². The number of fused-ring (bicyclic) bond motifs is 1. The van der Waals surface area contributed by atoms with E-state index in [1.807, 2.05) is 0 Å². The van der Waals surface area contributed by atoms with Gasteiger partial charge in [0, 0.05) is 17.6 Å². The smallest absolute Gasteiger partial charge is 0.265 e. The molecule has 6 nitrogen and oxygen atoms in total. The molecule has 2 unspecified atom stereocenters. The first-order valence-electron chi connectivity index (χ1n) is 5.71. The molecule has 0 fully saturated rings. The number of aliphatic hydroxyl groups is 1. The molecule has 2 aliphatic heterocycles. The summed E-state index contributed by atoms with van der Waals surface area (Å²) in [6.45, 7) is 0. The first kappa shape index (κ1) is 13.4. The minimum Gasteiger partial charge on any atom is -0.378 e. The first-order valence-corrected chi connectivity index (χ1v) is 6.96. The molecule has 2 atom stereocenters. The number of hydrogen-bond acceptors (Lipinski definition) is 5. The van der Waals surface area contributed by atoms with Gasteiger partial charge < -0.3 is 15.7 Å². The van der Waals surface area contributed by atoms with E-state index in [9.17, 15) is 14.7 Å². The summed E-state index contributed by atoms with van der Waals surface area (Å²) in [4.78, 5) is 29.2. The minimum atomic E-state index is -2.00. The molecule has 2 heterocycles. The summed E-state index contributed by atoms with van der Waals surface area (Å²) in [6, 6.07) is 4.73. The Balaban J connectivity index is 2.17. The van der Waals surface area contributed by atoms with E-state index in [4.69, 9.17) is 17.3 Å². The van der Waals surface area contributed by atoms with Gasteiger partial charge in [0.2, 0.25) is 0 Å². The Morgan fingerprint density at radius 1 is 1.50 bits per heavy atom. The van der Waals surface area contributed by atoms with E-state index in [2.05, 4.69) is 4.99 Å². The van der Waals surface area contributed by atoms with Crippen molar-refractivity contribution in [1.82, 2.24) is 0 Å². The second-order valence-electron chi connectivity index (χ2n) is 4.58. The van der Waals surface area contributed by atoms with Crippen LogP contribution in [-0.2, 0) is 15.2 Å². The average Bonchev–Trinajstić information content (AvgIpc) is 2.82. The number of aliphatic imine (C=N–C) groups is 1. The minimum absolute atomic E-state index is 0.0411. The average molecular weight is 312 g/mol. The van der Waals surface area contributed by atoms with E-state index in [1.54, 1.807) is 12.1 Å². The van der Waals surface area contributed by atoms with Crippen LogP contribution in [0.3, 0.4) is 0 Å². The van der Waals surface area contributed by atoms with Gasteiger partial charge in [-0.3, -0.25) is 9.59 Å². The van der Waals surface area contributed by atoms with Gasteiger partial charge in [-0.25, -0.2) is 0 Å². The number of amides is 2. The van der Waals surface area contributed by atoms with Crippen LogP contribution >= 0.6 is 23.4 Å². The van der Waals surface area contributed by atoms with Crippen LogP contribution in [0.4, 0.5) is 5.69 Å². The fourth-order valence-electron chi connectivity index (χ4n) is 2.47. The van der Waals surface area contributed by atoms with Gasteiger partial charge >= 0.3 is 0 Å². The quantitative estimate of drug-likeness (QED) is 0.785. The number of thioether (sulfide) groups is 1. The highest BCUT2D eigenvalue weighted by Crippen LogP contribution is 2.47. The van der Waals surface area contributed by atoms with Gasteiger partial charge in [0.05, 0.1) is 5.69 Å². The summed E-state index contributed by atoms with van der Waals surface area (Å²) in [6.07, 6.45) is 0. The van der Waals surface area contributed by atoms with Crippen LogP contribution in [0.1, 0.15) is 5.56 Å². The standard InChI is InChI=1S/C12H10ClN3O3S/c1-16-7-3-2-5(13)4-6(7)12(19,10(16)18)8-9(17)15-11(14)20-8/h2-4,8,19H,1H3,(H2,14,15,17). The molecule has 3 N–H and O–H groups in total. The summed E-state index contributed by atoms with van der Waals surface area (Å²) in [5, 5.41) is 10.2. The number of halogens is 1. The van der Waals surface area contributed by atoms with Crippen molar-refractivity contribution in [3.8, 4) is 0 Å². The molecule has 0 aromatic heterocycles. The lowest BCUT2D eigenvalue weighted by molar-refractivity contribution is -0.140. The molecule has 0 saturated heterocycles. The Kier molecular flexibility index (Phi) is 2.82. The molecule has 1 aromatic carbocycles. The van der Waals surface area contributed by atoms with Gasteiger partial charge in [-0.05, 0) is 18.2 Å². The van der Waals surface area contributed by atoms with Crippen molar-refractivity contribution < 1.29 is 14.7 Å². The highest BCUT2D eigenvalue weighted by molar-refractivity contribution is 8.15. The Bertz CT molecular complexity index is 678. The summed E-state index contributed by atoms with van der Waals surface area (Å²) in [5.74, 6) is -1.21. The predicted octanol–water partition coefficient (Wildman–Crippen LogP) is 0.461. The van der Waals surface area contributed by atoms with Crippen LogP contribution in [0.2, 0.25) is 5.02 Å². The molecule has 0 spiro atoms. The number of benzene rings is 1. The molecule has 2 amide bonds. The molecule has 2 aliphatic rings. The molecule has 0 aliphatic carbocycles. The van der Waals surface area contributed by atoms with Crippen LogP contribution in [0.25, 0.3) is 0 Å². The van der Waals surface area contributed by atoms with Crippen molar-refractivity contribution in [3.63, 3.8) is 0 Å². The van der Waals surface area contributed by atoms with E-state index < -0.39 is 22.7 Å². The van der Waals surface area contributed by atoms with E-state index in [0.29, 0.717) is 16.3 Å². The fraction of sp³-hybridized carbons (Fsp3) is 0.250. The summed E-state index contributed by atoms with van der Waals surface area (Å²) < 4.78 is 0. The molecule has 20 heavy (non-hydrogen) atoms. The van der Waals surface area contributed by atoms with Crippen LogP contribution in [0, 0.1) is 0 Å². The number of likely N-dealkylation sites (N-methyl/N-ethyl adjacent to an activating group) is 1. The van der Waals surface area contributed by atoms with Crippen LogP contribution < -0.4 is 10.6 Å². The van der Waals surface area contributed by atoms with E-state index >= 15 is 0 Å². The normalized spacial score (nSPS) is 28.9. The highest BCUT2D eigenvalue weighted by atomic mass is 35.5. The Morgan fingerprint density at radius 2 is 2.20 bits per heavy atom. The number of amidine groups is 1. The number of carbonyl (C=O) groups excluding carboxylic acids is 2. The fourth-order valence-corrected chi connectivity index (χ4v) is 3.58. The lowest BCUT2D eigenvalue weighted by Crippen LogP contribution is -2.48. The molecule has 104 valence electrons. The monoisotopic (exact) mass is 311 g/mol. The number of rotatable bonds is 1. The molecule has 0 bridgehead atoms. The highest BCUT2D eigenvalue weighted by Gasteiger charge is 2.58. The lowest BCUT2D eigenvalue weighted by Gasteiger charge is -2.25. The van der Waals surface area contributed by atoms with Gasteiger partial charge in [0.1, 0.15) is 5.25 Å². The number of nitrogens with zero attached hydrogens (tertiary/aromatic N) is 2. The van der Waals surface area contributed by atoms with Crippen molar-refractivity contribution in [2.45, 2.75) is 10.9 Å². The Morgan fingerprint density at radius 3 is 2.80 bits per heavy atom. The molecular formula is C12H10ClN3O3S. The Hall–Kier alpha value is -1.57. The summed E-state index contributed by atoms with van der Waals surface area (Å²) >= 11 is 6.81. The maximum atomic E-state index is 12.4. The Labute approximate surface area is 123 Å². The molecule has 8 heteroatoms. The molecular weight excluding hydrogens is 302 g/mol. The zero-order chi connectivity index (χ0) is 14.7. The van der Waals surface area contributed by atoms with E-state index in [-0.39, 0.29) is 5.17 Å². The van der Waals surface area contributed by atoms with Gasteiger partial charge in [0.25, 0.3) is 11.8 Å². The molecule has 0 saturated carbocycles. The topological polar surface area (TPSA) is 96.0 Å². The van der Waals surface area contributed by atoms with Gasteiger partial charge in [-0.2, -0.15) is 4.99 Å². The van der Waals surface area contributed by atoms with Crippen molar-refractivity contribution in [1.29, 1.82) is 0 Å². The SMILES string of the molecule is CN1C(=O)C(O)(C2SC(N)=NC2=O)c2cc(Cl)ccc21. The number of anilines is 1. The summed E-state index contributed by atoms with van der Waals surface area (Å²) in [5.41, 5.74) is 4.32. The molecule has 0 radical (unpaired) electrons. The second kappa shape index (κ2) is 4.21. The lowest BCUT2D eigenvalue weighted by atomic mass is 9.91. The van der Waals surface area contributed by atoms with Crippen molar-refractivity contribution in [3.05, 3.63) is 28.8 Å². The molecule has 1 aromatic rings. The maximum Gasteiger partial charge on any atom is 0.265 e. The zero-order valence-corrected chi connectivity index (χ0v) is 11.9. The third-order valence-electron chi connectivity index (χ3n) is 3.42. The first-order chi connectivity index (χ1) is 9.35. The van der Waals surface area contributed by atoms with Crippen molar-refractivity contribution in [2.75, 3.05) is 11.9 Å². The van der Waals surface area contributed by atoms with Crippen molar-refractivity contribution in [2.24, 2.45) is 10.7 Å². The summed E-state index contributed by atoms with van der Waals surface area (Å²) in [7, 11) is 1.53.